The van der Waals surface area contributed by atoms with E-state index in [9.17, 15) is 0 Å². The van der Waals surface area contributed by atoms with Crippen LogP contribution >= 0.6 is 24.8 Å². The van der Waals surface area contributed by atoms with Gasteiger partial charge in [0.15, 0.2) is 0 Å². The zero-order chi connectivity index (χ0) is 36.8. The number of rotatable bonds is 2. The molecule has 0 aliphatic heterocycles. The van der Waals surface area contributed by atoms with E-state index in [2.05, 4.69) is 154 Å². The molecule has 0 heterocycles. The maximum absolute atomic E-state index is 3.53. The molecule has 0 saturated carbocycles. The van der Waals surface area contributed by atoms with E-state index in [0.29, 0.717) is 11.3 Å². The Kier molecular flexibility index (Phi) is 21.7. The summed E-state index contributed by atoms with van der Waals surface area (Å²) in [5.41, 5.74) is 13.1. The summed E-state index contributed by atoms with van der Waals surface area (Å²) in [6.07, 6.45) is 11.5. The van der Waals surface area contributed by atoms with Crippen molar-refractivity contribution in [3.05, 3.63) is 154 Å². The first-order valence-electron chi connectivity index (χ1n) is 17.7. The summed E-state index contributed by atoms with van der Waals surface area (Å²) in [7, 11) is 0. The molecule has 1 atom stereocenters. The van der Waals surface area contributed by atoms with E-state index in [1.807, 2.05) is 48.5 Å². The first-order valence-corrected chi connectivity index (χ1v) is 19.4. The van der Waals surface area contributed by atoms with Gasteiger partial charge in [-0.1, -0.05) is 142 Å². The minimum absolute atomic E-state index is 0. The van der Waals surface area contributed by atoms with Crippen LogP contribution in [0.15, 0.2) is 96.6 Å². The molecule has 6 rings (SSSR count). The molecule has 0 aromatic heterocycles. The van der Waals surface area contributed by atoms with E-state index in [1.165, 1.54) is 87.2 Å². The van der Waals surface area contributed by atoms with Gasteiger partial charge in [-0.15, -0.1) is 30.4 Å². The van der Waals surface area contributed by atoms with E-state index < -0.39 is 0 Å². The molecule has 2 aliphatic rings. The SMILES string of the molecule is CC(C)(C)c1c[c-]c2c(c1)-c1cc(C(C)(C)C)ccc1C2.CCCC1[C-]=CC(C(C)(C)C)=C1.Cc1cc[c-]cc1.Cc1cc[c-]cc1.Cl.Cl.[CH2]=[Zr]. The van der Waals surface area contributed by atoms with Gasteiger partial charge in [0.2, 0.25) is 0 Å². The van der Waals surface area contributed by atoms with Crippen LogP contribution in [0.5, 0.6) is 0 Å². The number of aryl methyl sites for hydroxylation is 2. The van der Waals surface area contributed by atoms with Crippen molar-refractivity contribution < 1.29 is 24.2 Å². The van der Waals surface area contributed by atoms with Gasteiger partial charge in [0.25, 0.3) is 0 Å². The topological polar surface area (TPSA) is 0 Å². The van der Waals surface area contributed by atoms with Gasteiger partial charge in [0.05, 0.1) is 0 Å². The summed E-state index contributed by atoms with van der Waals surface area (Å²) < 4.78 is 3.34. The second-order valence-electron chi connectivity index (χ2n) is 16.1. The average molecular weight is 801 g/mol. The molecule has 51 heavy (non-hydrogen) atoms. The van der Waals surface area contributed by atoms with Gasteiger partial charge in [-0.2, -0.15) is 113 Å². The number of benzene rings is 4. The Morgan fingerprint density at radius 1 is 0.686 bits per heavy atom. The van der Waals surface area contributed by atoms with Crippen molar-refractivity contribution >= 4 is 29.0 Å². The number of halogens is 2. The molecular formula is C48H62Cl2Zr-4. The Morgan fingerprint density at radius 2 is 1.18 bits per heavy atom. The van der Waals surface area contributed by atoms with Crippen LogP contribution in [-0.4, -0.2) is 4.21 Å². The van der Waals surface area contributed by atoms with Crippen LogP contribution in [0.25, 0.3) is 11.1 Å². The van der Waals surface area contributed by atoms with Gasteiger partial charge < -0.3 is 0 Å². The maximum atomic E-state index is 3.53. The molecule has 0 spiro atoms. The van der Waals surface area contributed by atoms with E-state index in [1.54, 1.807) is 0 Å². The van der Waals surface area contributed by atoms with Gasteiger partial charge in [-0.3, -0.25) is 6.08 Å². The first kappa shape index (κ1) is 48.7. The van der Waals surface area contributed by atoms with Crippen LogP contribution in [0.1, 0.15) is 115 Å². The number of fused-ring (bicyclic) bond motifs is 3. The van der Waals surface area contributed by atoms with Gasteiger partial charge in [-0.05, 0) is 17.4 Å². The van der Waals surface area contributed by atoms with Crippen molar-refractivity contribution in [3.8, 4) is 11.1 Å². The fourth-order valence-corrected chi connectivity index (χ4v) is 5.38. The normalized spacial score (nSPS) is 13.6. The van der Waals surface area contributed by atoms with Crippen LogP contribution in [0.4, 0.5) is 0 Å². The Labute approximate surface area is 340 Å². The summed E-state index contributed by atoms with van der Waals surface area (Å²) in [4.78, 5) is 0. The Balaban J connectivity index is 0.000000706. The molecule has 0 N–H and O–H groups in total. The van der Waals surface area contributed by atoms with Crippen molar-refractivity contribution in [2.45, 2.75) is 113 Å². The summed E-state index contributed by atoms with van der Waals surface area (Å²) >= 11 is 1.30. The van der Waals surface area contributed by atoms with Crippen LogP contribution in [0.3, 0.4) is 0 Å². The fourth-order valence-electron chi connectivity index (χ4n) is 5.38. The second-order valence-corrected chi connectivity index (χ2v) is 16.1. The summed E-state index contributed by atoms with van der Waals surface area (Å²) in [5.74, 6) is 0.587. The van der Waals surface area contributed by atoms with Crippen LogP contribution in [0, 0.1) is 49.5 Å². The van der Waals surface area contributed by atoms with Crippen molar-refractivity contribution in [3.63, 3.8) is 0 Å². The van der Waals surface area contributed by atoms with Gasteiger partial charge >= 0.3 is 28.4 Å². The third-order valence-corrected chi connectivity index (χ3v) is 8.60. The Morgan fingerprint density at radius 3 is 1.57 bits per heavy atom. The van der Waals surface area contributed by atoms with Crippen molar-refractivity contribution in [2.24, 2.45) is 11.3 Å². The van der Waals surface area contributed by atoms with Crippen molar-refractivity contribution in [2.75, 3.05) is 0 Å². The van der Waals surface area contributed by atoms with E-state index in [4.69, 9.17) is 0 Å². The Bertz CT molecular complexity index is 1530. The third-order valence-electron chi connectivity index (χ3n) is 8.60. The number of hydrogen-bond donors (Lipinski definition) is 0. The van der Waals surface area contributed by atoms with E-state index in [0.717, 1.165) is 6.42 Å². The first-order chi connectivity index (χ1) is 23.0. The number of allylic oxidation sites excluding steroid dienone is 4. The average Bonchev–Trinajstić information content (AvgIpc) is 3.68. The molecule has 276 valence electrons. The standard InChI is InChI=1S/C21H25.C12H19.2C7H7.CH2.2ClH.Zr/c1-20(2,3)16-9-7-14-11-15-8-10-17(21(4,5)6)13-19(15)18(14)12-16;1-5-6-10-7-8-11(9-10)12(2,3)4;2*1-7-5-3-2-4-6-7;;;;/h7,9-10,12-13H,11H2,1-6H3;8-10H,5-6H2,1-4H3;2*3-6H,1H3;1H2;2*1H;/q4*-1;;;;. The molecule has 0 nitrogen and oxygen atoms in total. The minimum atomic E-state index is 0. The summed E-state index contributed by atoms with van der Waals surface area (Å²) in [6, 6.07) is 36.7. The molecule has 0 fully saturated rings. The predicted molar refractivity (Wildman–Crippen MR) is 226 cm³/mol. The fraction of sp³-hybridized carbons (Fsp3) is 0.396. The zero-order valence-electron chi connectivity index (χ0n) is 33.4. The molecule has 0 radical (unpaired) electrons. The van der Waals surface area contributed by atoms with Gasteiger partial charge in [-0.25, -0.2) is 6.08 Å². The molecule has 4 aromatic rings. The third kappa shape index (κ3) is 16.5. The molecule has 0 bridgehead atoms. The van der Waals surface area contributed by atoms with Crippen LogP contribution in [0.2, 0.25) is 0 Å². The Hall–Kier alpha value is -2.31. The molecule has 2 aliphatic carbocycles. The van der Waals surface area contributed by atoms with Gasteiger partial charge in [0.1, 0.15) is 0 Å². The zero-order valence-corrected chi connectivity index (χ0v) is 37.5. The summed E-state index contributed by atoms with van der Waals surface area (Å²) in [6.45, 7) is 26.8. The quantitative estimate of drug-likeness (QED) is 0.156. The summed E-state index contributed by atoms with van der Waals surface area (Å²) in [5, 5.41) is 0. The van der Waals surface area contributed by atoms with Crippen molar-refractivity contribution in [1.82, 2.24) is 0 Å². The van der Waals surface area contributed by atoms with Crippen molar-refractivity contribution in [1.29, 1.82) is 0 Å². The van der Waals surface area contributed by atoms with E-state index in [-0.39, 0.29) is 35.6 Å². The van der Waals surface area contributed by atoms with E-state index >= 15 is 0 Å². The van der Waals surface area contributed by atoms with Crippen LogP contribution < -0.4 is 0 Å². The van der Waals surface area contributed by atoms with Crippen LogP contribution in [-0.2, 0) is 41.5 Å². The molecule has 0 amide bonds. The molecule has 3 heteroatoms. The van der Waals surface area contributed by atoms with Gasteiger partial charge in [0, 0.05) is 0 Å². The monoisotopic (exact) mass is 798 g/mol. The molecule has 4 aromatic carbocycles. The molecule has 0 saturated heterocycles. The molecule has 1 unspecified atom stereocenters. The molecular weight excluding hydrogens is 739 g/mol. The second kappa shape index (κ2) is 22.7. The predicted octanol–water partition coefficient (Wildman–Crippen LogP) is 13.8. The number of hydrogen-bond acceptors (Lipinski definition) is 0.